The highest BCUT2D eigenvalue weighted by molar-refractivity contribution is 5.17. The molecule has 0 aromatic heterocycles. The number of hydrogen-bond donors (Lipinski definition) is 1. The minimum Gasteiger partial charge on any atom is -0.512 e. The van der Waals surface area contributed by atoms with Gasteiger partial charge in [0.05, 0.1) is 18.0 Å². The maximum atomic E-state index is 9.07. The summed E-state index contributed by atoms with van der Waals surface area (Å²) >= 11 is 0. The van der Waals surface area contributed by atoms with Gasteiger partial charge in [0.1, 0.15) is 0 Å². The van der Waals surface area contributed by atoms with E-state index in [9.17, 15) is 0 Å². The Morgan fingerprint density at radius 3 is 2.78 bits per heavy atom. The standard InChI is InChI=1S/C7H10O2/c8-6-1-4-9-7(5-6)2-3-7/h5,8H,1-4H2. The molecule has 2 heteroatoms. The van der Waals surface area contributed by atoms with Crippen molar-refractivity contribution in [2.24, 2.45) is 0 Å². The van der Waals surface area contributed by atoms with Gasteiger partial charge in [0.2, 0.25) is 0 Å². The van der Waals surface area contributed by atoms with Gasteiger partial charge in [-0.25, -0.2) is 0 Å². The minimum atomic E-state index is -0.0116. The molecular formula is C7H10O2. The Labute approximate surface area is 54.1 Å². The maximum absolute atomic E-state index is 9.07. The Balaban J connectivity index is 2.18. The van der Waals surface area contributed by atoms with E-state index in [0.717, 1.165) is 12.8 Å². The summed E-state index contributed by atoms with van der Waals surface area (Å²) < 4.78 is 5.41. The van der Waals surface area contributed by atoms with Crippen LogP contribution in [0.25, 0.3) is 0 Å². The molecule has 1 N–H and O–H groups in total. The fourth-order valence-corrected chi connectivity index (χ4v) is 1.19. The lowest BCUT2D eigenvalue weighted by molar-refractivity contribution is 0.0470. The van der Waals surface area contributed by atoms with Gasteiger partial charge in [-0.15, -0.1) is 0 Å². The predicted molar refractivity (Wildman–Crippen MR) is 33.2 cm³/mol. The van der Waals surface area contributed by atoms with Gasteiger partial charge in [-0.1, -0.05) is 0 Å². The fraction of sp³-hybridized carbons (Fsp3) is 0.714. The second kappa shape index (κ2) is 1.51. The minimum absolute atomic E-state index is 0.0116. The summed E-state index contributed by atoms with van der Waals surface area (Å²) in [6.07, 6.45) is 4.74. The Morgan fingerprint density at radius 1 is 1.56 bits per heavy atom. The summed E-state index contributed by atoms with van der Waals surface area (Å²) in [6.45, 7) is 0.697. The summed E-state index contributed by atoms with van der Waals surface area (Å²) in [4.78, 5) is 0. The monoisotopic (exact) mass is 126 g/mol. The molecule has 1 fully saturated rings. The van der Waals surface area contributed by atoms with Gasteiger partial charge in [0.25, 0.3) is 0 Å². The molecule has 0 unspecified atom stereocenters. The van der Waals surface area contributed by atoms with Crippen molar-refractivity contribution < 1.29 is 9.84 Å². The van der Waals surface area contributed by atoms with Gasteiger partial charge < -0.3 is 9.84 Å². The van der Waals surface area contributed by atoms with Crippen molar-refractivity contribution in [3.05, 3.63) is 11.8 Å². The van der Waals surface area contributed by atoms with Gasteiger partial charge in [-0.05, 0) is 18.9 Å². The summed E-state index contributed by atoms with van der Waals surface area (Å²) in [7, 11) is 0. The van der Waals surface area contributed by atoms with Crippen LogP contribution in [0, 0.1) is 0 Å². The second-order valence-electron chi connectivity index (χ2n) is 2.80. The predicted octanol–water partition coefficient (Wildman–Crippen LogP) is 1.38. The van der Waals surface area contributed by atoms with Crippen LogP contribution in [0.4, 0.5) is 0 Å². The molecule has 0 aromatic rings. The van der Waals surface area contributed by atoms with Crippen molar-refractivity contribution in [3.63, 3.8) is 0 Å². The molecule has 50 valence electrons. The molecule has 0 radical (unpaired) electrons. The molecule has 1 saturated carbocycles. The zero-order chi connectivity index (χ0) is 6.32. The molecular weight excluding hydrogens is 116 g/mol. The molecule has 1 heterocycles. The van der Waals surface area contributed by atoms with Crippen molar-refractivity contribution in [1.29, 1.82) is 0 Å². The van der Waals surface area contributed by atoms with E-state index in [4.69, 9.17) is 9.84 Å². The summed E-state index contributed by atoms with van der Waals surface area (Å²) in [5.41, 5.74) is -0.0116. The smallest absolute Gasteiger partial charge is 0.0934 e. The van der Waals surface area contributed by atoms with Crippen molar-refractivity contribution in [2.75, 3.05) is 6.61 Å². The first-order chi connectivity index (χ1) is 4.31. The molecule has 0 aromatic carbocycles. The van der Waals surface area contributed by atoms with E-state index in [1.807, 2.05) is 6.08 Å². The molecule has 1 aliphatic heterocycles. The number of ether oxygens (including phenoxy) is 1. The van der Waals surface area contributed by atoms with Crippen molar-refractivity contribution >= 4 is 0 Å². The van der Waals surface area contributed by atoms with E-state index < -0.39 is 0 Å². The molecule has 2 nitrogen and oxygen atoms in total. The Morgan fingerprint density at radius 2 is 2.33 bits per heavy atom. The lowest BCUT2D eigenvalue weighted by atomic mass is 10.2. The van der Waals surface area contributed by atoms with E-state index in [-0.39, 0.29) is 5.60 Å². The first-order valence-electron chi connectivity index (χ1n) is 3.35. The third-order valence-electron chi connectivity index (χ3n) is 1.92. The Bertz CT molecular complexity index is 156. The Kier molecular flexibility index (Phi) is 0.887. The summed E-state index contributed by atoms with van der Waals surface area (Å²) in [5.74, 6) is 0.513. The SMILES string of the molecule is OC1=CC2(CC2)OCC1. The third kappa shape index (κ3) is 0.833. The van der Waals surface area contributed by atoms with Crippen LogP contribution in [0.15, 0.2) is 11.8 Å². The van der Waals surface area contributed by atoms with Crippen LogP contribution in [-0.2, 0) is 4.74 Å². The first kappa shape index (κ1) is 5.30. The number of hydrogen-bond acceptors (Lipinski definition) is 2. The average Bonchev–Trinajstić information content (AvgIpc) is 2.49. The van der Waals surface area contributed by atoms with Crippen LogP contribution < -0.4 is 0 Å². The van der Waals surface area contributed by atoms with E-state index in [1.54, 1.807) is 0 Å². The lowest BCUT2D eigenvalue weighted by Crippen LogP contribution is -2.17. The molecule has 0 saturated heterocycles. The van der Waals surface area contributed by atoms with Crippen LogP contribution in [0.5, 0.6) is 0 Å². The zero-order valence-electron chi connectivity index (χ0n) is 5.26. The van der Waals surface area contributed by atoms with Gasteiger partial charge >= 0.3 is 0 Å². The van der Waals surface area contributed by atoms with E-state index in [1.165, 1.54) is 0 Å². The maximum Gasteiger partial charge on any atom is 0.0934 e. The number of aliphatic hydroxyl groups is 1. The van der Waals surface area contributed by atoms with Crippen LogP contribution in [0.3, 0.4) is 0 Å². The fourth-order valence-electron chi connectivity index (χ4n) is 1.19. The third-order valence-corrected chi connectivity index (χ3v) is 1.92. The highest BCUT2D eigenvalue weighted by atomic mass is 16.5. The largest absolute Gasteiger partial charge is 0.512 e. The normalized spacial score (nSPS) is 30.0. The molecule has 2 aliphatic rings. The van der Waals surface area contributed by atoms with Crippen LogP contribution >= 0.6 is 0 Å². The van der Waals surface area contributed by atoms with Gasteiger partial charge in [0.15, 0.2) is 0 Å². The molecule has 0 amide bonds. The van der Waals surface area contributed by atoms with E-state index in [2.05, 4.69) is 0 Å². The summed E-state index contributed by atoms with van der Waals surface area (Å²) in [6, 6.07) is 0. The van der Waals surface area contributed by atoms with Crippen LogP contribution in [0.1, 0.15) is 19.3 Å². The van der Waals surface area contributed by atoms with Gasteiger partial charge in [-0.2, -0.15) is 0 Å². The highest BCUT2D eigenvalue weighted by Gasteiger charge is 2.43. The zero-order valence-corrected chi connectivity index (χ0v) is 5.26. The van der Waals surface area contributed by atoms with E-state index >= 15 is 0 Å². The van der Waals surface area contributed by atoms with Crippen molar-refractivity contribution in [3.8, 4) is 0 Å². The molecule has 2 rings (SSSR count). The van der Waals surface area contributed by atoms with E-state index in [0.29, 0.717) is 18.8 Å². The summed E-state index contributed by atoms with van der Waals surface area (Å²) in [5, 5.41) is 9.07. The Hall–Kier alpha value is -0.500. The highest BCUT2D eigenvalue weighted by Crippen LogP contribution is 2.43. The topological polar surface area (TPSA) is 29.5 Å². The first-order valence-corrected chi connectivity index (χ1v) is 3.35. The molecule has 1 aliphatic carbocycles. The van der Waals surface area contributed by atoms with Crippen LogP contribution in [0.2, 0.25) is 0 Å². The molecule has 0 atom stereocenters. The van der Waals surface area contributed by atoms with Gasteiger partial charge in [-0.3, -0.25) is 0 Å². The number of aliphatic hydroxyl groups excluding tert-OH is 1. The van der Waals surface area contributed by atoms with Crippen molar-refractivity contribution in [1.82, 2.24) is 0 Å². The van der Waals surface area contributed by atoms with Gasteiger partial charge in [0, 0.05) is 6.42 Å². The molecule has 1 spiro atoms. The second-order valence-corrected chi connectivity index (χ2v) is 2.80. The quantitative estimate of drug-likeness (QED) is 0.531. The number of rotatable bonds is 0. The lowest BCUT2D eigenvalue weighted by Gasteiger charge is -2.17. The molecule has 0 bridgehead atoms. The van der Waals surface area contributed by atoms with Crippen LogP contribution in [-0.4, -0.2) is 17.3 Å². The average molecular weight is 126 g/mol. The van der Waals surface area contributed by atoms with Crippen molar-refractivity contribution in [2.45, 2.75) is 24.9 Å². The molecule has 9 heavy (non-hydrogen) atoms.